The number of carbonyl (C=O) groups is 1. The molecular weight excluding hydrogens is 211 g/mol. The first kappa shape index (κ1) is 14.0. The maximum atomic E-state index is 11.9. The minimum atomic E-state index is -4.20. The molecule has 0 radical (unpaired) electrons. The zero-order valence-corrected chi connectivity index (χ0v) is 8.56. The third-order valence-electron chi connectivity index (χ3n) is 1.64. The van der Waals surface area contributed by atoms with Crippen molar-refractivity contribution in [1.29, 1.82) is 0 Å². The van der Waals surface area contributed by atoms with Crippen molar-refractivity contribution in [3.63, 3.8) is 0 Å². The maximum Gasteiger partial charge on any atom is 0.390 e. The predicted octanol–water partition coefficient (Wildman–Crippen LogP) is 1.95. The SMILES string of the molecule is CC(=CC(=O)O)CNC(C)CC(F)(F)F. The van der Waals surface area contributed by atoms with Crippen molar-refractivity contribution in [2.75, 3.05) is 6.54 Å². The average Bonchev–Trinajstić information content (AvgIpc) is 1.96. The predicted molar refractivity (Wildman–Crippen MR) is 49.5 cm³/mol. The molecule has 0 heterocycles. The highest BCUT2D eigenvalue weighted by molar-refractivity contribution is 5.80. The second-order valence-electron chi connectivity index (χ2n) is 3.43. The molecule has 6 heteroatoms. The van der Waals surface area contributed by atoms with Gasteiger partial charge in [-0.25, -0.2) is 4.79 Å². The molecular formula is C9H14F3NO2. The monoisotopic (exact) mass is 225 g/mol. The highest BCUT2D eigenvalue weighted by Crippen LogP contribution is 2.21. The van der Waals surface area contributed by atoms with Crippen LogP contribution in [0.2, 0.25) is 0 Å². The molecule has 2 N–H and O–H groups in total. The Balaban J connectivity index is 3.91. The van der Waals surface area contributed by atoms with Gasteiger partial charge in [-0.3, -0.25) is 0 Å². The van der Waals surface area contributed by atoms with Crippen LogP contribution in [0.25, 0.3) is 0 Å². The van der Waals surface area contributed by atoms with Crippen LogP contribution < -0.4 is 5.32 Å². The van der Waals surface area contributed by atoms with Crippen molar-refractivity contribution in [2.45, 2.75) is 32.5 Å². The normalized spacial score (nSPS) is 15.1. The van der Waals surface area contributed by atoms with Gasteiger partial charge in [-0.15, -0.1) is 0 Å². The van der Waals surface area contributed by atoms with Gasteiger partial charge in [-0.1, -0.05) is 5.57 Å². The van der Waals surface area contributed by atoms with Gasteiger partial charge < -0.3 is 10.4 Å². The van der Waals surface area contributed by atoms with Crippen LogP contribution in [0.5, 0.6) is 0 Å². The van der Waals surface area contributed by atoms with Gasteiger partial charge in [-0.05, 0) is 13.8 Å². The average molecular weight is 225 g/mol. The molecule has 0 saturated carbocycles. The molecule has 3 nitrogen and oxygen atoms in total. The summed E-state index contributed by atoms with van der Waals surface area (Å²) in [7, 11) is 0. The van der Waals surface area contributed by atoms with E-state index in [0.717, 1.165) is 6.08 Å². The van der Waals surface area contributed by atoms with Crippen LogP contribution >= 0.6 is 0 Å². The number of nitrogens with one attached hydrogen (secondary N) is 1. The zero-order chi connectivity index (χ0) is 12.1. The molecule has 1 unspecified atom stereocenters. The van der Waals surface area contributed by atoms with E-state index in [2.05, 4.69) is 5.32 Å². The highest BCUT2D eigenvalue weighted by Gasteiger charge is 2.29. The molecule has 0 aliphatic carbocycles. The lowest BCUT2D eigenvalue weighted by Crippen LogP contribution is -2.32. The van der Waals surface area contributed by atoms with Gasteiger partial charge in [0.25, 0.3) is 0 Å². The van der Waals surface area contributed by atoms with Crippen molar-refractivity contribution in [2.24, 2.45) is 0 Å². The van der Waals surface area contributed by atoms with E-state index in [9.17, 15) is 18.0 Å². The number of rotatable bonds is 5. The van der Waals surface area contributed by atoms with Crippen molar-refractivity contribution in [3.05, 3.63) is 11.6 Å². The molecule has 88 valence electrons. The van der Waals surface area contributed by atoms with Gasteiger partial charge in [0.15, 0.2) is 0 Å². The molecule has 0 saturated heterocycles. The second kappa shape index (κ2) is 5.75. The summed E-state index contributed by atoms with van der Waals surface area (Å²) in [6.07, 6.45) is -4.16. The fourth-order valence-electron chi connectivity index (χ4n) is 1.02. The number of aliphatic carboxylic acids is 1. The largest absolute Gasteiger partial charge is 0.478 e. The Bertz CT molecular complexity index is 248. The Kier molecular flexibility index (Phi) is 5.35. The summed E-state index contributed by atoms with van der Waals surface area (Å²) >= 11 is 0. The van der Waals surface area contributed by atoms with E-state index in [1.165, 1.54) is 6.92 Å². The van der Waals surface area contributed by atoms with Crippen LogP contribution in [0.15, 0.2) is 11.6 Å². The number of alkyl halides is 3. The molecule has 0 aromatic heterocycles. The first-order chi connectivity index (χ1) is 6.70. The summed E-state index contributed by atoms with van der Waals surface area (Å²) in [5.41, 5.74) is 0.483. The molecule has 0 spiro atoms. The topological polar surface area (TPSA) is 49.3 Å². The fourth-order valence-corrected chi connectivity index (χ4v) is 1.02. The summed E-state index contributed by atoms with van der Waals surface area (Å²) in [6, 6.07) is -0.720. The highest BCUT2D eigenvalue weighted by atomic mass is 19.4. The van der Waals surface area contributed by atoms with E-state index in [4.69, 9.17) is 5.11 Å². The van der Waals surface area contributed by atoms with Gasteiger partial charge in [0, 0.05) is 18.7 Å². The fraction of sp³-hybridized carbons (Fsp3) is 0.667. The lowest BCUT2D eigenvalue weighted by molar-refractivity contribution is -0.139. The number of hydrogen-bond acceptors (Lipinski definition) is 2. The molecule has 0 aromatic carbocycles. The Hall–Kier alpha value is -1.04. The smallest absolute Gasteiger partial charge is 0.390 e. The van der Waals surface area contributed by atoms with Gasteiger partial charge >= 0.3 is 12.1 Å². The molecule has 0 amide bonds. The lowest BCUT2D eigenvalue weighted by Gasteiger charge is -2.15. The summed E-state index contributed by atoms with van der Waals surface area (Å²) in [5, 5.41) is 10.9. The van der Waals surface area contributed by atoms with Gasteiger partial charge in [-0.2, -0.15) is 13.2 Å². The Morgan fingerprint density at radius 3 is 2.47 bits per heavy atom. The van der Waals surface area contributed by atoms with E-state index in [-0.39, 0.29) is 6.54 Å². The van der Waals surface area contributed by atoms with Crippen LogP contribution in [0.3, 0.4) is 0 Å². The minimum Gasteiger partial charge on any atom is -0.478 e. The minimum absolute atomic E-state index is 0.142. The van der Waals surface area contributed by atoms with Gasteiger partial charge in [0.2, 0.25) is 0 Å². The van der Waals surface area contributed by atoms with E-state index >= 15 is 0 Å². The Morgan fingerprint density at radius 2 is 2.07 bits per heavy atom. The van der Waals surface area contributed by atoms with Crippen LogP contribution in [0.1, 0.15) is 20.3 Å². The van der Waals surface area contributed by atoms with Crippen LogP contribution in [-0.4, -0.2) is 29.8 Å². The summed E-state index contributed by atoms with van der Waals surface area (Å²) in [4.78, 5) is 10.2. The molecule has 0 rings (SSSR count). The summed E-state index contributed by atoms with van der Waals surface area (Å²) < 4.78 is 35.7. The van der Waals surface area contributed by atoms with Crippen LogP contribution in [0.4, 0.5) is 13.2 Å². The maximum absolute atomic E-state index is 11.9. The first-order valence-corrected chi connectivity index (χ1v) is 4.41. The third kappa shape index (κ3) is 9.27. The summed E-state index contributed by atoms with van der Waals surface area (Å²) in [6.45, 7) is 3.09. The molecule has 0 aliphatic rings. The number of carboxylic acid groups (broad SMARTS) is 1. The summed E-state index contributed by atoms with van der Waals surface area (Å²) in [5.74, 6) is -1.10. The Labute approximate surface area is 86.0 Å². The van der Waals surface area contributed by atoms with Crippen molar-refractivity contribution in [3.8, 4) is 0 Å². The molecule has 0 aromatic rings. The van der Waals surface area contributed by atoms with E-state index < -0.39 is 24.6 Å². The number of carboxylic acids is 1. The first-order valence-electron chi connectivity index (χ1n) is 4.41. The zero-order valence-electron chi connectivity index (χ0n) is 8.56. The second-order valence-corrected chi connectivity index (χ2v) is 3.43. The van der Waals surface area contributed by atoms with E-state index in [1.807, 2.05) is 0 Å². The standard InChI is InChI=1S/C9H14F3NO2/c1-6(3-8(14)15)5-13-7(2)4-9(10,11)12/h3,7,13H,4-5H2,1-2H3,(H,14,15). The number of halogens is 3. The van der Waals surface area contributed by atoms with E-state index in [1.54, 1.807) is 6.92 Å². The van der Waals surface area contributed by atoms with Crippen molar-refractivity contribution >= 4 is 5.97 Å². The van der Waals surface area contributed by atoms with E-state index in [0.29, 0.717) is 5.57 Å². The lowest BCUT2D eigenvalue weighted by atomic mass is 10.2. The van der Waals surface area contributed by atoms with Gasteiger partial charge in [0.1, 0.15) is 0 Å². The van der Waals surface area contributed by atoms with Crippen LogP contribution in [0, 0.1) is 0 Å². The molecule has 0 bridgehead atoms. The third-order valence-corrected chi connectivity index (χ3v) is 1.64. The van der Waals surface area contributed by atoms with Crippen LogP contribution in [-0.2, 0) is 4.79 Å². The molecule has 0 aliphatic heterocycles. The van der Waals surface area contributed by atoms with Crippen molar-refractivity contribution < 1.29 is 23.1 Å². The Morgan fingerprint density at radius 1 is 1.53 bits per heavy atom. The van der Waals surface area contributed by atoms with Gasteiger partial charge in [0.05, 0.1) is 6.42 Å². The quantitative estimate of drug-likeness (QED) is 0.703. The molecule has 1 atom stereocenters. The number of hydrogen-bond donors (Lipinski definition) is 2. The van der Waals surface area contributed by atoms with Crippen molar-refractivity contribution in [1.82, 2.24) is 5.32 Å². The molecule has 0 fully saturated rings. The molecule has 15 heavy (non-hydrogen) atoms.